The van der Waals surface area contributed by atoms with Gasteiger partial charge in [-0.1, -0.05) is 24.3 Å². The highest BCUT2D eigenvalue weighted by atomic mass is 16.7. The molecule has 1 saturated heterocycles. The van der Waals surface area contributed by atoms with Gasteiger partial charge >= 0.3 is 6.09 Å². The summed E-state index contributed by atoms with van der Waals surface area (Å²) >= 11 is 0. The summed E-state index contributed by atoms with van der Waals surface area (Å²) in [7, 11) is 1.68. The van der Waals surface area contributed by atoms with Crippen LogP contribution in [0.15, 0.2) is 24.3 Å². The van der Waals surface area contributed by atoms with E-state index in [-0.39, 0.29) is 6.29 Å². The lowest BCUT2D eigenvalue weighted by molar-refractivity contribution is -0.0584. The van der Waals surface area contributed by atoms with Crippen LogP contribution >= 0.6 is 0 Å². The van der Waals surface area contributed by atoms with E-state index in [1.807, 2.05) is 12.1 Å². The Morgan fingerprint density at radius 1 is 1.36 bits per heavy atom. The monoisotopic (exact) mass is 305 g/mol. The SMILES string of the molecule is CN(C(=O)O)C1(CCC2OCCO2)CCCc2ccccc21. The second kappa shape index (κ2) is 6.26. The summed E-state index contributed by atoms with van der Waals surface area (Å²) in [6, 6.07) is 8.21. The van der Waals surface area contributed by atoms with E-state index in [4.69, 9.17) is 9.47 Å². The van der Waals surface area contributed by atoms with Crippen molar-refractivity contribution in [1.82, 2.24) is 4.90 Å². The van der Waals surface area contributed by atoms with Crippen LogP contribution in [0.3, 0.4) is 0 Å². The lowest BCUT2D eigenvalue weighted by Gasteiger charge is -2.45. The van der Waals surface area contributed by atoms with E-state index >= 15 is 0 Å². The maximum atomic E-state index is 11.7. The van der Waals surface area contributed by atoms with Crippen LogP contribution in [0.2, 0.25) is 0 Å². The van der Waals surface area contributed by atoms with Crippen LogP contribution in [0.4, 0.5) is 4.79 Å². The highest BCUT2D eigenvalue weighted by Crippen LogP contribution is 2.43. The van der Waals surface area contributed by atoms with Crippen LogP contribution in [-0.4, -0.2) is 42.7 Å². The second-order valence-corrected chi connectivity index (χ2v) is 6.09. The van der Waals surface area contributed by atoms with E-state index in [1.54, 1.807) is 7.05 Å². The molecule has 1 atom stereocenters. The van der Waals surface area contributed by atoms with Crippen LogP contribution in [0.5, 0.6) is 0 Å². The van der Waals surface area contributed by atoms with Gasteiger partial charge in [-0.3, -0.25) is 0 Å². The Labute approximate surface area is 130 Å². The number of carbonyl (C=O) groups is 1. The van der Waals surface area contributed by atoms with Gasteiger partial charge in [-0.25, -0.2) is 4.79 Å². The van der Waals surface area contributed by atoms with Gasteiger partial charge in [0.05, 0.1) is 18.8 Å². The Kier molecular flexibility index (Phi) is 4.36. The lowest BCUT2D eigenvalue weighted by atomic mass is 9.73. The predicted molar refractivity (Wildman–Crippen MR) is 81.8 cm³/mol. The van der Waals surface area contributed by atoms with Gasteiger partial charge in [-0.05, 0) is 36.8 Å². The van der Waals surface area contributed by atoms with E-state index in [1.165, 1.54) is 10.5 Å². The zero-order valence-corrected chi connectivity index (χ0v) is 13.0. The highest BCUT2D eigenvalue weighted by molar-refractivity contribution is 5.66. The van der Waals surface area contributed by atoms with E-state index in [0.29, 0.717) is 19.6 Å². The first kappa shape index (κ1) is 15.3. The quantitative estimate of drug-likeness (QED) is 0.929. The minimum Gasteiger partial charge on any atom is -0.465 e. The van der Waals surface area contributed by atoms with E-state index < -0.39 is 11.6 Å². The molecule has 3 rings (SSSR count). The molecule has 1 aromatic carbocycles. The van der Waals surface area contributed by atoms with Gasteiger partial charge in [0, 0.05) is 13.5 Å². The van der Waals surface area contributed by atoms with Gasteiger partial charge in [0.2, 0.25) is 0 Å². The molecule has 2 aliphatic rings. The minimum atomic E-state index is -0.884. The van der Waals surface area contributed by atoms with Crippen molar-refractivity contribution in [2.45, 2.75) is 43.9 Å². The Morgan fingerprint density at radius 2 is 2.09 bits per heavy atom. The third-order valence-corrected chi connectivity index (χ3v) is 4.97. The van der Waals surface area contributed by atoms with Crippen LogP contribution in [0.1, 0.15) is 36.8 Å². The largest absolute Gasteiger partial charge is 0.465 e. The summed E-state index contributed by atoms with van der Waals surface area (Å²) in [6.07, 6.45) is 3.21. The summed E-state index contributed by atoms with van der Waals surface area (Å²) in [5.74, 6) is 0. The van der Waals surface area contributed by atoms with E-state index in [2.05, 4.69) is 12.1 Å². The van der Waals surface area contributed by atoms with Gasteiger partial charge in [0.15, 0.2) is 6.29 Å². The van der Waals surface area contributed by atoms with Crippen LogP contribution < -0.4 is 0 Å². The summed E-state index contributed by atoms with van der Waals surface area (Å²) in [6.45, 7) is 1.26. The number of ether oxygens (including phenoxy) is 2. The molecular formula is C17H23NO4. The second-order valence-electron chi connectivity index (χ2n) is 6.09. The molecule has 0 aromatic heterocycles. The number of fused-ring (bicyclic) bond motifs is 1. The summed E-state index contributed by atoms with van der Waals surface area (Å²) in [4.78, 5) is 13.2. The number of nitrogens with zero attached hydrogens (tertiary/aromatic N) is 1. The third kappa shape index (κ3) is 2.71. The zero-order valence-electron chi connectivity index (χ0n) is 13.0. The molecule has 1 N–H and O–H groups in total. The fourth-order valence-corrected chi connectivity index (χ4v) is 3.79. The number of hydrogen-bond acceptors (Lipinski definition) is 3. The number of benzene rings is 1. The average molecular weight is 305 g/mol. The maximum Gasteiger partial charge on any atom is 0.407 e. The molecule has 1 fully saturated rings. The van der Waals surface area contributed by atoms with Crippen molar-refractivity contribution >= 4 is 6.09 Å². The molecule has 1 amide bonds. The van der Waals surface area contributed by atoms with Crippen molar-refractivity contribution in [2.24, 2.45) is 0 Å². The molecule has 5 heteroatoms. The van der Waals surface area contributed by atoms with Gasteiger partial charge in [-0.15, -0.1) is 0 Å². The van der Waals surface area contributed by atoms with Crippen LogP contribution in [0, 0.1) is 0 Å². The molecule has 1 aromatic rings. The number of carboxylic acid groups (broad SMARTS) is 1. The van der Waals surface area contributed by atoms with Crippen LogP contribution in [0.25, 0.3) is 0 Å². The summed E-state index contributed by atoms with van der Waals surface area (Å²) in [5.41, 5.74) is 1.93. The predicted octanol–water partition coefficient (Wildman–Crippen LogP) is 2.98. The number of amides is 1. The number of hydrogen-bond donors (Lipinski definition) is 1. The molecule has 0 spiro atoms. The highest BCUT2D eigenvalue weighted by Gasteiger charge is 2.42. The molecule has 0 saturated carbocycles. The molecule has 0 bridgehead atoms. The third-order valence-electron chi connectivity index (χ3n) is 4.97. The molecule has 5 nitrogen and oxygen atoms in total. The normalized spacial score (nSPS) is 25.0. The molecule has 1 aliphatic carbocycles. The molecular weight excluding hydrogens is 282 g/mol. The van der Waals surface area contributed by atoms with E-state index in [0.717, 1.165) is 31.2 Å². The van der Waals surface area contributed by atoms with Crippen molar-refractivity contribution < 1.29 is 19.4 Å². The molecule has 1 unspecified atom stereocenters. The molecule has 0 radical (unpaired) electrons. The maximum absolute atomic E-state index is 11.7. The number of rotatable bonds is 4. The first-order valence-corrected chi connectivity index (χ1v) is 7.92. The van der Waals surface area contributed by atoms with Gasteiger partial charge in [0.1, 0.15) is 0 Å². The first-order valence-electron chi connectivity index (χ1n) is 7.92. The standard InChI is InChI=1S/C17H23NO4/c1-18(16(19)20)17(10-8-15-21-11-12-22-15)9-4-6-13-5-2-3-7-14(13)17/h2-3,5,7,15H,4,6,8-12H2,1H3,(H,19,20). The van der Waals surface area contributed by atoms with Crippen molar-refractivity contribution in [3.63, 3.8) is 0 Å². The van der Waals surface area contributed by atoms with Gasteiger partial charge in [0.25, 0.3) is 0 Å². The topological polar surface area (TPSA) is 59.0 Å². The Balaban J connectivity index is 1.91. The summed E-state index contributed by atoms with van der Waals surface area (Å²) < 4.78 is 11.1. The summed E-state index contributed by atoms with van der Waals surface area (Å²) in [5, 5.41) is 9.58. The van der Waals surface area contributed by atoms with Crippen molar-refractivity contribution in [1.29, 1.82) is 0 Å². The molecule has 120 valence electrons. The van der Waals surface area contributed by atoms with Crippen molar-refractivity contribution in [3.8, 4) is 0 Å². The fraction of sp³-hybridized carbons (Fsp3) is 0.588. The van der Waals surface area contributed by atoms with Gasteiger partial charge < -0.3 is 19.5 Å². The van der Waals surface area contributed by atoms with Crippen molar-refractivity contribution in [2.75, 3.05) is 20.3 Å². The zero-order chi connectivity index (χ0) is 15.6. The Hall–Kier alpha value is -1.59. The van der Waals surface area contributed by atoms with Crippen molar-refractivity contribution in [3.05, 3.63) is 35.4 Å². The fourth-order valence-electron chi connectivity index (χ4n) is 3.79. The Morgan fingerprint density at radius 3 is 2.82 bits per heavy atom. The van der Waals surface area contributed by atoms with Gasteiger partial charge in [-0.2, -0.15) is 0 Å². The first-order chi connectivity index (χ1) is 10.6. The number of aryl methyl sites for hydroxylation is 1. The van der Waals surface area contributed by atoms with Crippen LogP contribution in [-0.2, 0) is 21.4 Å². The smallest absolute Gasteiger partial charge is 0.407 e. The van der Waals surface area contributed by atoms with E-state index in [9.17, 15) is 9.90 Å². The molecule has 22 heavy (non-hydrogen) atoms. The molecule has 1 aliphatic heterocycles. The average Bonchev–Trinajstić information content (AvgIpc) is 3.05. The molecule has 1 heterocycles. The lowest BCUT2D eigenvalue weighted by Crippen LogP contribution is -2.49. The minimum absolute atomic E-state index is 0.201. The Bertz CT molecular complexity index is 541.